The number of amides is 1. The lowest BCUT2D eigenvalue weighted by molar-refractivity contribution is -0.133. The van der Waals surface area contributed by atoms with Crippen LogP contribution in [0, 0.1) is 0 Å². The predicted octanol–water partition coefficient (Wildman–Crippen LogP) is 4.27. The van der Waals surface area contributed by atoms with Crippen molar-refractivity contribution in [2.75, 3.05) is 27.9 Å². The Morgan fingerprint density at radius 1 is 1.10 bits per heavy atom. The maximum atomic E-state index is 13.1. The second-order valence-electron chi connectivity index (χ2n) is 7.61. The first-order valence-corrected chi connectivity index (χ1v) is 10.2. The highest BCUT2D eigenvalue weighted by atomic mass is 16.5. The summed E-state index contributed by atoms with van der Waals surface area (Å²) < 4.78 is 16.2. The lowest BCUT2D eigenvalue weighted by atomic mass is 9.97. The van der Waals surface area contributed by atoms with E-state index in [1.165, 1.54) is 10.9 Å². The van der Waals surface area contributed by atoms with Crippen LogP contribution in [0.2, 0.25) is 0 Å². The van der Waals surface area contributed by atoms with E-state index in [1.54, 1.807) is 21.3 Å². The van der Waals surface area contributed by atoms with Gasteiger partial charge in [-0.2, -0.15) is 0 Å². The van der Waals surface area contributed by atoms with E-state index in [4.69, 9.17) is 14.2 Å². The number of ether oxygens (including phenoxy) is 3. The van der Waals surface area contributed by atoms with E-state index < -0.39 is 0 Å². The van der Waals surface area contributed by atoms with Crippen LogP contribution < -0.4 is 14.2 Å². The molecular weight excluding hydrogens is 380 g/mol. The summed E-state index contributed by atoms with van der Waals surface area (Å²) in [5.74, 6) is 1.92. The Kier molecular flexibility index (Phi) is 5.57. The van der Waals surface area contributed by atoms with Crippen molar-refractivity contribution in [3.05, 3.63) is 53.2 Å². The monoisotopic (exact) mass is 408 g/mol. The van der Waals surface area contributed by atoms with Crippen LogP contribution in [0.3, 0.4) is 0 Å². The zero-order chi connectivity index (χ0) is 21.3. The van der Waals surface area contributed by atoms with Crippen molar-refractivity contribution in [2.45, 2.75) is 32.2 Å². The smallest absolute Gasteiger partial charge is 0.223 e. The molecule has 0 unspecified atom stereocenters. The Morgan fingerprint density at radius 3 is 2.47 bits per heavy atom. The summed E-state index contributed by atoms with van der Waals surface area (Å²) in [6, 6.07) is 12.2. The molecule has 1 aliphatic rings. The summed E-state index contributed by atoms with van der Waals surface area (Å²) >= 11 is 0. The zero-order valence-corrected chi connectivity index (χ0v) is 18.0. The highest BCUT2D eigenvalue weighted by Gasteiger charge is 2.30. The van der Waals surface area contributed by atoms with Gasteiger partial charge in [-0.05, 0) is 49.1 Å². The molecule has 2 heterocycles. The normalized spacial score (nSPS) is 15.7. The summed E-state index contributed by atoms with van der Waals surface area (Å²) in [5.41, 5.74) is 4.62. The second kappa shape index (κ2) is 8.30. The topological polar surface area (TPSA) is 63.8 Å². The summed E-state index contributed by atoms with van der Waals surface area (Å²) in [6.45, 7) is 2.84. The van der Waals surface area contributed by atoms with Crippen LogP contribution in [0.15, 0.2) is 36.4 Å². The summed E-state index contributed by atoms with van der Waals surface area (Å²) in [7, 11) is 4.78. The van der Waals surface area contributed by atoms with E-state index in [-0.39, 0.29) is 11.9 Å². The quantitative estimate of drug-likeness (QED) is 0.662. The molecule has 4 rings (SSSR count). The molecule has 30 heavy (non-hydrogen) atoms. The summed E-state index contributed by atoms with van der Waals surface area (Å²) in [4.78, 5) is 18.6. The van der Waals surface area contributed by atoms with Gasteiger partial charge in [0.15, 0.2) is 11.5 Å². The summed E-state index contributed by atoms with van der Waals surface area (Å²) in [5, 5.41) is 1.27. The van der Waals surface area contributed by atoms with Gasteiger partial charge in [-0.1, -0.05) is 18.2 Å². The number of rotatable bonds is 6. The fraction of sp³-hybridized carbons (Fsp3) is 0.375. The Balaban J connectivity index is 1.50. The second-order valence-corrected chi connectivity index (χ2v) is 7.61. The number of methoxy groups -OCH3 is 3. The minimum atomic E-state index is 0.0357. The van der Waals surface area contributed by atoms with E-state index >= 15 is 0 Å². The van der Waals surface area contributed by atoms with Gasteiger partial charge in [0.25, 0.3) is 0 Å². The van der Waals surface area contributed by atoms with Crippen LogP contribution in [0.5, 0.6) is 17.2 Å². The maximum Gasteiger partial charge on any atom is 0.223 e. The third-order valence-electron chi connectivity index (χ3n) is 6.01. The number of benzene rings is 2. The van der Waals surface area contributed by atoms with Crippen LogP contribution in [-0.4, -0.2) is 43.7 Å². The van der Waals surface area contributed by atoms with Crippen LogP contribution in [0.25, 0.3) is 10.9 Å². The van der Waals surface area contributed by atoms with Crippen LogP contribution in [0.1, 0.15) is 36.2 Å². The predicted molar refractivity (Wildman–Crippen MR) is 117 cm³/mol. The number of nitrogens with zero attached hydrogens (tertiary/aromatic N) is 1. The first-order valence-electron chi connectivity index (χ1n) is 10.2. The molecule has 0 saturated heterocycles. The number of carbonyl (C=O) groups is 1. The molecule has 0 radical (unpaired) electrons. The van der Waals surface area contributed by atoms with Gasteiger partial charge >= 0.3 is 0 Å². The largest absolute Gasteiger partial charge is 0.493 e. The van der Waals surface area contributed by atoms with Crippen LogP contribution >= 0.6 is 0 Å². The van der Waals surface area contributed by atoms with E-state index in [9.17, 15) is 4.79 Å². The molecule has 1 amide bonds. The summed E-state index contributed by atoms with van der Waals surface area (Å²) in [6.07, 6.45) is 1.91. The van der Waals surface area contributed by atoms with Gasteiger partial charge < -0.3 is 24.1 Å². The van der Waals surface area contributed by atoms with Gasteiger partial charge in [-0.15, -0.1) is 0 Å². The van der Waals surface area contributed by atoms with E-state index in [1.807, 2.05) is 23.1 Å². The van der Waals surface area contributed by atoms with Gasteiger partial charge in [0, 0.05) is 29.6 Å². The molecule has 158 valence electrons. The molecule has 0 saturated carbocycles. The van der Waals surface area contributed by atoms with Crippen molar-refractivity contribution in [1.29, 1.82) is 0 Å². The SMILES string of the molecule is COc1cc(CCC(=O)N2CCc3c([nH]c4ccccc34)[C@H]2C)cc(OC)c1OC. The first-order chi connectivity index (χ1) is 14.6. The number of H-pyrrole nitrogens is 1. The van der Waals surface area contributed by atoms with Gasteiger partial charge in [0.1, 0.15) is 0 Å². The molecule has 1 atom stereocenters. The van der Waals surface area contributed by atoms with Gasteiger partial charge in [0.05, 0.1) is 27.4 Å². The number of hydrogen-bond acceptors (Lipinski definition) is 4. The van der Waals surface area contributed by atoms with Gasteiger partial charge in [-0.25, -0.2) is 0 Å². The lowest BCUT2D eigenvalue weighted by Gasteiger charge is -2.33. The molecule has 0 fully saturated rings. The third kappa shape index (κ3) is 3.47. The average Bonchev–Trinajstić information content (AvgIpc) is 3.16. The average molecular weight is 408 g/mol. The fourth-order valence-electron chi connectivity index (χ4n) is 4.44. The van der Waals surface area contributed by atoms with Crippen molar-refractivity contribution < 1.29 is 19.0 Å². The van der Waals surface area contributed by atoms with Crippen molar-refractivity contribution in [3.8, 4) is 17.2 Å². The van der Waals surface area contributed by atoms with Crippen molar-refractivity contribution in [2.24, 2.45) is 0 Å². The Bertz CT molecular complexity index is 1050. The number of hydrogen-bond donors (Lipinski definition) is 1. The molecule has 0 aliphatic carbocycles. The van der Waals surface area contributed by atoms with Crippen molar-refractivity contribution in [1.82, 2.24) is 9.88 Å². The molecule has 1 aromatic heterocycles. The maximum absolute atomic E-state index is 13.1. The van der Waals surface area contributed by atoms with E-state index in [2.05, 4.69) is 30.1 Å². The van der Waals surface area contributed by atoms with Crippen LogP contribution in [-0.2, 0) is 17.6 Å². The molecule has 0 spiro atoms. The van der Waals surface area contributed by atoms with E-state index in [0.717, 1.165) is 29.7 Å². The number of carbonyl (C=O) groups excluding carboxylic acids is 1. The fourth-order valence-corrected chi connectivity index (χ4v) is 4.44. The van der Waals surface area contributed by atoms with Crippen LogP contribution in [0.4, 0.5) is 0 Å². The standard InChI is InChI=1S/C24H28N2O4/c1-15-23-18(17-7-5-6-8-19(17)25-23)11-12-26(15)22(27)10-9-16-13-20(28-2)24(30-4)21(14-16)29-3/h5-8,13-15,25H,9-12H2,1-4H3/t15-/m1/s1. The minimum Gasteiger partial charge on any atom is -0.493 e. The Hall–Kier alpha value is -3.15. The lowest BCUT2D eigenvalue weighted by Crippen LogP contribution is -2.38. The van der Waals surface area contributed by atoms with Crippen molar-refractivity contribution >= 4 is 16.8 Å². The molecule has 2 aromatic carbocycles. The number of nitrogens with one attached hydrogen (secondary N) is 1. The van der Waals surface area contributed by atoms with E-state index in [0.29, 0.717) is 30.1 Å². The molecule has 1 N–H and O–H groups in total. The number of fused-ring (bicyclic) bond motifs is 3. The Labute approximate surface area is 176 Å². The molecule has 1 aliphatic heterocycles. The molecule has 6 nitrogen and oxygen atoms in total. The van der Waals surface area contributed by atoms with Gasteiger partial charge in [-0.3, -0.25) is 4.79 Å². The highest BCUT2D eigenvalue weighted by Crippen LogP contribution is 2.39. The number of aryl methyl sites for hydroxylation is 1. The highest BCUT2D eigenvalue weighted by molar-refractivity contribution is 5.86. The van der Waals surface area contributed by atoms with Gasteiger partial charge in [0.2, 0.25) is 11.7 Å². The minimum absolute atomic E-state index is 0.0357. The zero-order valence-electron chi connectivity index (χ0n) is 18.0. The first kappa shape index (κ1) is 20.1. The number of aromatic nitrogens is 1. The number of aromatic amines is 1. The third-order valence-corrected chi connectivity index (χ3v) is 6.01. The molecule has 6 heteroatoms. The Morgan fingerprint density at radius 2 is 1.80 bits per heavy atom. The molecular formula is C24H28N2O4. The van der Waals surface area contributed by atoms with Crippen molar-refractivity contribution in [3.63, 3.8) is 0 Å². The number of para-hydroxylation sites is 1. The molecule has 0 bridgehead atoms. The molecule has 3 aromatic rings.